The molecular formula is C11H15O5S-. The third kappa shape index (κ3) is 5.06. The Morgan fingerprint density at radius 3 is 2.59 bits per heavy atom. The number of methoxy groups -OCH3 is 1. The molecule has 0 atom stereocenters. The Balaban J connectivity index is 2.47. The number of aryl methyl sites for hydroxylation is 1. The molecular weight excluding hydrogens is 244 g/mol. The van der Waals surface area contributed by atoms with Crippen molar-refractivity contribution in [1.82, 2.24) is 0 Å². The SMILES string of the molecule is COc1ccc(OCCCS(=O)(=O)[O-])c(C)c1. The highest BCUT2D eigenvalue weighted by Gasteiger charge is 2.02. The lowest BCUT2D eigenvalue weighted by Crippen LogP contribution is -2.09. The van der Waals surface area contributed by atoms with Crippen molar-refractivity contribution < 1.29 is 22.4 Å². The smallest absolute Gasteiger partial charge is 0.122 e. The van der Waals surface area contributed by atoms with Gasteiger partial charge in [-0.25, -0.2) is 8.42 Å². The maximum atomic E-state index is 10.4. The Labute approximate surface area is 101 Å². The summed E-state index contributed by atoms with van der Waals surface area (Å²) in [5.41, 5.74) is 0.898. The van der Waals surface area contributed by atoms with Gasteiger partial charge < -0.3 is 14.0 Å². The van der Waals surface area contributed by atoms with Crippen molar-refractivity contribution >= 4 is 10.1 Å². The molecule has 0 heterocycles. The van der Waals surface area contributed by atoms with Crippen molar-refractivity contribution in [1.29, 1.82) is 0 Å². The Kier molecular flexibility index (Phi) is 4.77. The van der Waals surface area contributed by atoms with Crippen molar-refractivity contribution in [2.75, 3.05) is 19.5 Å². The molecule has 0 unspecified atom stereocenters. The summed E-state index contributed by atoms with van der Waals surface area (Å²) in [7, 11) is -2.57. The van der Waals surface area contributed by atoms with Gasteiger partial charge in [0.2, 0.25) is 0 Å². The van der Waals surface area contributed by atoms with E-state index in [1.807, 2.05) is 13.0 Å². The van der Waals surface area contributed by atoms with Crippen molar-refractivity contribution in [3.8, 4) is 11.5 Å². The molecule has 0 aromatic heterocycles. The fourth-order valence-corrected chi connectivity index (χ4v) is 1.80. The van der Waals surface area contributed by atoms with Crippen LogP contribution in [0.15, 0.2) is 18.2 Å². The van der Waals surface area contributed by atoms with Crippen LogP contribution in [-0.4, -0.2) is 32.4 Å². The molecule has 0 fully saturated rings. The second-order valence-electron chi connectivity index (χ2n) is 3.60. The van der Waals surface area contributed by atoms with Crippen LogP contribution in [-0.2, 0) is 10.1 Å². The molecule has 0 spiro atoms. The van der Waals surface area contributed by atoms with E-state index < -0.39 is 15.9 Å². The zero-order valence-corrected chi connectivity index (χ0v) is 10.6. The number of hydrogen-bond acceptors (Lipinski definition) is 5. The molecule has 0 bridgehead atoms. The summed E-state index contributed by atoms with van der Waals surface area (Å²) in [4.78, 5) is 0. The van der Waals surface area contributed by atoms with Crippen LogP contribution < -0.4 is 9.47 Å². The molecule has 0 radical (unpaired) electrons. The van der Waals surface area contributed by atoms with Crippen LogP contribution in [0.2, 0.25) is 0 Å². The molecule has 1 rings (SSSR count). The lowest BCUT2D eigenvalue weighted by Gasteiger charge is -2.11. The highest BCUT2D eigenvalue weighted by Crippen LogP contribution is 2.23. The third-order valence-electron chi connectivity index (χ3n) is 2.18. The van der Waals surface area contributed by atoms with E-state index in [1.165, 1.54) is 0 Å². The summed E-state index contributed by atoms with van der Waals surface area (Å²) in [6, 6.07) is 5.33. The molecule has 0 aliphatic heterocycles. The Morgan fingerprint density at radius 2 is 2.06 bits per heavy atom. The van der Waals surface area contributed by atoms with Crippen LogP contribution in [0, 0.1) is 6.92 Å². The second-order valence-corrected chi connectivity index (χ2v) is 5.12. The van der Waals surface area contributed by atoms with Crippen LogP contribution in [0.3, 0.4) is 0 Å². The van der Waals surface area contributed by atoms with Gasteiger partial charge >= 0.3 is 0 Å². The summed E-state index contributed by atoms with van der Waals surface area (Å²) >= 11 is 0. The Bertz CT molecular complexity index is 467. The first-order chi connectivity index (χ1) is 7.92. The first-order valence-corrected chi connectivity index (χ1v) is 6.71. The highest BCUT2D eigenvalue weighted by molar-refractivity contribution is 7.85. The Hall–Kier alpha value is -1.27. The van der Waals surface area contributed by atoms with Crippen molar-refractivity contribution in [2.45, 2.75) is 13.3 Å². The Morgan fingerprint density at radius 1 is 1.35 bits per heavy atom. The van der Waals surface area contributed by atoms with Crippen LogP contribution >= 0.6 is 0 Å². The van der Waals surface area contributed by atoms with Gasteiger partial charge in [-0.2, -0.15) is 0 Å². The quantitative estimate of drug-likeness (QED) is 0.569. The van der Waals surface area contributed by atoms with E-state index in [9.17, 15) is 13.0 Å². The van der Waals surface area contributed by atoms with E-state index in [1.54, 1.807) is 19.2 Å². The van der Waals surface area contributed by atoms with Crippen LogP contribution in [0.25, 0.3) is 0 Å². The fourth-order valence-electron chi connectivity index (χ4n) is 1.33. The monoisotopic (exact) mass is 259 g/mol. The summed E-state index contributed by atoms with van der Waals surface area (Å²) in [5, 5.41) is 0. The number of ether oxygens (including phenoxy) is 2. The van der Waals surface area contributed by atoms with E-state index >= 15 is 0 Å². The first kappa shape index (κ1) is 13.8. The van der Waals surface area contributed by atoms with E-state index in [-0.39, 0.29) is 13.0 Å². The van der Waals surface area contributed by atoms with E-state index in [4.69, 9.17) is 9.47 Å². The maximum absolute atomic E-state index is 10.4. The molecule has 1 aromatic rings. The summed E-state index contributed by atoms with van der Waals surface area (Å²) in [6.07, 6.45) is 0.192. The lowest BCUT2D eigenvalue weighted by atomic mass is 10.2. The van der Waals surface area contributed by atoms with E-state index in [0.717, 1.165) is 11.3 Å². The number of hydrogen-bond donors (Lipinski definition) is 0. The standard InChI is InChI=1S/C11H16O5S/c1-9-8-10(15-2)4-5-11(9)16-6-3-7-17(12,13)14/h4-5,8H,3,6-7H2,1-2H3,(H,12,13,14)/p-1. The summed E-state index contributed by atoms with van der Waals surface area (Å²) < 4.78 is 41.5. The van der Waals surface area contributed by atoms with Crippen molar-refractivity contribution in [3.05, 3.63) is 23.8 Å². The van der Waals surface area contributed by atoms with Gasteiger partial charge in [0.1, 0.15) is 11.5 Å². The van der Waals surface area contributed by atoms with Gasteiger partial charge in [-0.3, -0.25) is 0 Å². The second kappa shape index (κ2) is 5.88. The largest absolute Gasteiger partial charge is 0.748 e. The van der Waals surface area contributed by atoms with Gasteiger partial charge in [-0.05, 0) is 37.1 Å². The van der Waals surface area contributed by atoms with Gasteiger partial charge in [0.05, 0.1) is 23.8 Å². The molecule has 0 N–H and O–H groups in total. The van der Waals surface area contributed by atoms with E-state index in [2.05, 4.69) is 0 Å². The molecule has 1 aromatic carbocycles. The van der Waals surface area contributed by atoms with E-state index in [0.29, 0.717) is 5.75 Å². The molecule has 0 aliphatic rings. The topological polar surface area (TPSA) is 75.7 Å². The molecule has 6 heteroatoms. The molecule has 5 nitrogen and oxygen atoms in total. The minimum atomic E-state index is -4.15. The van der Waals surface area contributed by atoms with Gasteiger partial charge in [0.15, 0.2) is 0 Å². The zero-order valence-electron chi connectivity index (χ0n) is 9.80. The van der Waals surface area contributed by atoms with Gasteiger partial charge in [0, 0.05) is 5.75 Å². The van der Waals surface area contributed by atoms with Gasteiger partial charge in [-0.1, -0.05) is 0 Å². The minimum Gasteiger partial charge on any atom is -0.748 e. The van der Waals surface area contributed by atoms with Crippen molar-refractivity contribution in [3.63, 3.8) is 0 Å². The third-order valence-corrected chi connectivity index (χ3v) is 2.97. The molecule has 0 saturated heterocycles. The molecule has 0 aliphatic carbocycles. The molecule has 0 saturated carbocycles. The molecule has 96 valence electrons. The first-order valence-electron chi connectivity index (χ1n) is 5.13. The van der Waals surface area contributed by atoms with Crippen LogP contribution in [0.1, 0.15) is 12.0 Å². The predicted molar refractivity (Wildman–Crippen MR) is 62.4 cm³/mol. The lowest BCUT2D eigenvalue weighted by molar-refractivity contribution is 0.313. The van der Waals surface area contributed by atoms with Gasteiger partial charge in [0.25, 0.3) is 0 Å². The highest BCUT2D eigenvalue weighted by atomic mass is 32.2. The predicted octanol–water partition coefficient (Wildman–Crippen LogP) is 1.32. The fraction of sp³-hybridized carbons (Fsp3) is 0.455. The van der Waals surface area contributed by atoms with Crippen LogP contribution in [0.4, 0.5) is 0 Å². The maximum Gasteiger partial charge on any atom is 0.122 e. The number of benzene rings is 1. The average Bonchev–Trinajstić information content (AvgIpc) is 2.24. The van der Waals surface area contributed by atoms with Crippen molar-refractivity contribution in [2.24, 2.45) is 0 Å². The summed E-state index contributed by atoms with van der Waals surface area (Å²) in [5.74, 6) is 0.994. The van der Waals surface area contributed by atoms with Crippen LogP contribution in [0.5, 0.6) is 11.5 Å². The number of rotatable bonds is 6. The normalized spacial score (nSPS) is 11.2. The molecule has 17 heavy (non-hydrogen) atoms. The summed E-state index contributed by atoms with van der Waals surface area (Å²) in [6.45, 7) is 2.07. The zero-order chi connectivity index (χ0) is 12.9. The molecule has 0 amide bonds. The average molecular weight is 259 g/mol. The van der Waals surface area contributed by atoms with Gasteiger partial charge in [-0.15, -0.1) is 0 Å². The minimum absolute atomic E-state index is 0.192.